The topological polar surface area (TPSA) is 55.5 Å². The summed E-state index contributed by atoms with van der Waals surface area (Å²) in [5.41, 5.74) is 5.78. The van der Waals surface area contributed by atoms with Crippen LogP contribution < -0.4 is 5.73 Å². The molecule has 3 N–H and O–H groups in total. The number of halogens is 2. The number of ether oxygens (including phenoxy) is 1. The molecule has 2 atom stereocenters. The molecular formula is C11H15F2NO2S. The average molecular weight is 263 g/mol. The van der Waals surface area contributed by atoms with E-state index in [0.717, 1.165) is 12.1 Å². The molecule has 0 fully saturated rings. The molecular weight excluding hydrogens is 248 g/mol. The lowest BCUT2D eigenvalue weighted by atomic mass is 10.2. The highest BCUT2D eigenvalue weighted by Gasteiger charge is 2.18. The first kappa shape index (κ1) is 14.4. The maximum Gasteiger partial charge on any atom is 0.159 e. The Hall–Kier alpha value is -0.690. The smallest absolute Gasteiger partial charge is 0.159 e. The monoisotopic (exact) mass is 263 g/mol. The van der Waals surface area contributed by atoms with E-state index in [1.54, 1.807) is 0 Å². The number of hydrogen-bond acceptors (Lipinski definition) is 4. The third kappa shape index (κ3) is 4.23. The maximum atomic E-state index is 13.0. The minimum Gasteiger partial charge on any atom is -0.395 e. The van der Waals surface area contributed by atoms with E-state index in [2.05, 4.69) is 0 Å². The van der Waals surface area contributed by atoms with E-state index < -0.39 is 11.6 Å². The van der Waals surface area contributed by atoms with Gasteiger partial charge in [0.15, 0.2) is 11.6 Å². The van der Waals surface area contributed by atoms with Crippen LogP contribution in [0.15, 0.2) is 23.1 Å². The van der Waals surface area contributed by atoms with Crippen LogP contribution >= 0.6 is 11.8 Å². The first-order valence-electron chi connectivity index (χ1n) is 5.05. The van der Waals surface area contributed by atoms with Gasteiger partial charge in [-0.15, -0.1) is 11.8 Å². The lowest BCUT2D eigenvalue weighted by molar-refractivity contribution is 0.167. The number of hydrogen-bond donors (Lipinski definition) is 2. The largest absolute Gasteiger partial charge is 0.395 e. The fraction of sp³-hybridized carbons (Fsp3) is 0.455. The Labute approximate surface area is 103 Å². The molecule has 1 aromatic rings. The zero-order chi connectivity index (χ0) is 12.8. The maximum absolute atomic E-state index is 13.0. The molecule has 0 aliphatic rings. The van der Waals surface area contributed by atoms with Gasteiger partial charge in [-0.25, -0.2) is 8.78 Å². The molecule has 1 aromatic carbocycles. The molecule has 0 bridgehead atoms. The van der Waals surface area contributed by atoms with Crippen molar-refractivity contribution in [2.75, 3.05) is 20.3 Å². The van der Waals surface area contributed by atoms with Crippen molar-refractivity contribution < 1.29 is 18.6 Å². The molecule has 1 rings (SSSR count). The van der Waals surface area contributed by atoms with Gasteiger partial charge < -0.3 is 15.6 Å². The third-order valence-corrected chi connectivity index (χ3v) is 3.52. The summed E-state index contributed by atoms with van der Waals surface area (Å²) in [6.45, 7) is 0.135. The van der Waals surface area contributed by atoms with E-state index >= 15 is 0 Å². The van der Waals surface area contributed by atoms with Gasteiger partial charge >= 0.3 is 0 Å². The van der Waals surface area contributed by atoms with Gasteiger partial charge in [0.2, 0.25) is 0 Å². The molecule has 6 heteroatoms. The van der Waals surface area contributed by atoms with E-state index in [1.165, 1.54) is 24.9 Å². The second kappa shape index (κ2) is 6.90. The molecule has 0 radical (unpaired) electrons. The number of rotatable bonds is 6. The van der Waals surface area contributed by atoms with Crippen molar-refractivity contribution in [3.05, 3.63) is 29.8 Å². The quantitative estimate of drug-likeness (QED) is 0.762. The Balaban J connectivity index is 2.70. The van der Waals surface area contributed by atoms with E-state index in [0.29, 0.717) is 11.5 Å². The molecule has 0 saturated heterocycles. The second-order valence-electron chi connectivity index (χ2n) is 3.53. The van der Waals surface area contributed by atoms with Gasteiger partial charge in [-0.2, -0.15) is 0 Å². The first-order valence-corrected chi connectivity index (χ1v) is 5.93. The van der Waals surface area contributed by atoms with Crippen LogP contribution in [0.4, 0.5) is 8.78 Å². The van der Waals surface area contributed by atoms with E-state index in [9.17, 15) is 13.9 Å². The van der Waals surface area contributed by atoms with Crippen LogP contribution in [0.5, 0.6) is 0 Å². The molecule has 0 amide bonds. The second-order valence-corrected chi connectivity index (χ2v) is 4.85. The molecule has 2 unspecified atom stereocenters. The third-order valence-electron chi connectivity index (χ3n) is 2.20. The van der Waals surface area contributed by atoms with E-state index in [1.807, 2.05) is 0 Å². The van der Waals surface area contributed by atoms with Crippen LogP contribution in [-0.2, 0) is 4.74 Å². The molecule has 0 aliphatic heterocycles. The number of aliphatic hydroxyl groups excluding tert-OH is 1. The van der Waals surface area contributed by atoms with Gasteiger partial charge in [-0.1, -0.05) is 0 Å². The lowest BCUT2D eigenvalue weighted by Gasteiger charge is -2.20. The molecule has 0 saturated carbocycles. The number of aliphatic hydroxyl groups is 1. The van der Waals surface area contributed by atoms with Crippen LogP contribution in [0.25, 0.3) is 0 Å². The molecule has 0 aliphatic carbocycles. The lowest BCUT2D eigenvalue weighted by Crippen LogP contribution is -2.38. The van der Waals surface area contributed by atoms with Crippen LogP contribution in [-0.4, -0.2) is 36.7 Å². The van der Waals surface area contributed by atoms with Crippen LogP contribution in [0, 0.1) is 11.6 Å². The average Bonchev–Trinajstić information content (AvgIpc) is 2.30. The van der Waals surface area contributed by atoms with Crippen molar-refractivity contribution in [2.24, 2.45) is 5.73 Å². The Bertz CT molecular complexity index is 365. The fourth-order valence-electron chi connectivity index (χ4n) is 1.28. The number of methoxy groups -OCH3 is 1. The van der Waals surface area contributed by atoms with Gasteiger partial charge in [-0.3, -0.25) is 0 Å². The molecule has 0 spiro atoms. The van der Waals surface area contributed by atoms with Crippen molar-refractivity contribution in [3.8, 4) is 0 Å². The SMILES string of the molecule is COCC(N)C(CO)Sc1ccc(F)c(F)c1. The summed E-state index contributed by atoms with van der Waals surface area (Å²) in [6.07, 6.45) is 0. The molecule has 3 nitrogen and oxygen atoms in total. The summed E-state index contributed by atoms with van der Waals surface area (Å²) < 4.78 is 30.6. The van der Waals surface area contributed by atoms with Gasteiger partial charge in [0.25, 0.3) is 0 Å². The van der Waals surface area contributed by atoms with Gasteiger partial charge in [0, 0.05) is 23.3 Å². The van der Waals surface area contributed by atoms with Crippen LogP contribution in [0.1, 0.15) is 0 Å². The molecule has 17 heavy (non-hydrogen) atoms. The van der Waals surface area contributed by atoms with Gasteiger partial charge in [-0.05, 0) is 18.2 Å². The Morgan fingerprint density at radius 3 is 2.65 bits per heavy atom. The van der Waals surface area contributed by atoms with Gasteiger partial charge in [0.05, 0.1) is 13.2 Å². The summed E-state index contributed by atoms with van der Waals surface area (Å²) in [5.74, 6) is -1.80. The highest BCUT2D eigenvalue weighted by Crippen LogP contribution is 2.26. The normalized spacial score (nSPS) is 14.6. The van der Waals surface area contributed by atoms with Crippen molar-refractivity contribution in [1.29, 1.82) is 0 Å². The van der Waals surface area contributed by atoms with Crippen molar-refractivity contribution in [2.45, 2.75) is 16.2 Å². The number of thioether (sulfide) groups is 1. The molecule has 96 valence electrons. The number of nitrogens with two attached hydrogens (primary N) is 1. The predicted molar refractivity (Wildman–Crippen MR) is 62.9 cm³/mol. The fourth-order valence-corrected chi connectivity index (χ4v) is 2.28. The standard InChI is InChI=1S/C11H15F2NO2S/c1-16-6-10(14)11(5-15)17-7-2-3-8(12)9(13)4-7/h2-4,10-11,15H,5-6,14H2,1H3. The van der Waals surface area contributed by atoms with E-state index in [-0.39, 0.29) is 17.9 Å². The molecule has 0 aromatic heterocycles. The minimum absolute atomic E-state index is 0.159. The Morgan fingerprint density at radius 1 is 1.41 bits per heavy atom. The van der Waals surface area contributed by atoms with Gasteiger partial charge in [0.1, 0.15) is 0 Å². The van der Waals surface area contributed by atoms with Crippen molar-refractivity contribution in [1.82, 2.24) is 0 Å². The summed E-state index contributed by atoms with van der Waals surface area (Å²) in [7, 11) is 1.51. The zero-order valence-electron chi connectivity index (χ0n) is 9.40. The first-order chi connectivity index (χ1) is 8.08. The number of benzene rings is 1. The van der Waals surface area contributed by atoms with E-state index in [4.69, 9.17) is 10.5 Å². The highest BCUT2D eigenvalue weighted by atomic mass is 32.2. The summed E-state index contributed by atoms with van der Waals surface area (Å²) in [6, 6.07) is 3.21. The Morgan fingerprint density at radius 2 is 2.12 bits per heavy atom. The van der Waals surface area contributed by atoms with Crippen LogP contribution in [0.2, 0.25) is 0 Å². The Kier molecular flexibility index (Phi) is 5.84. The predicted octanol–water partition coefficient (Wildman–Crippen LogP) is 1.39. The van der Waals surface area contributed by atoms with Crippen molar-refractivity contribution >= 4 is 11.8 Å². The molecule has 0 heterocycles. The highest BCUT2D eigenvalue weighted by molar-refractivity contribution is 8.00. The van der Waals surface area contributed by atoms with Crippen molar-refractivity contribution in [3.63, 3.8) is 0 Å². The summed E-state index contributed by atoms with van der Waals surface area (Å²) >= 11 is 1.20. The van der Waals surface area contributed by atoms with Crippen LogP contribution in [0.3, 0.4) is 0 Å². The zero-order valence-corrected chi connectivity index (χ0v) is 10.2. The minimum atomic E-state index is -0.910. The summed E-state index contributed by atoms with van der Waals surface area (Å²) in [4.78, 5) is 0.523. The summed E-state index contributed by atoms with van der Waals surface area (Å²) in [5, 5.41) is 8.86.